The molecule has 0 amide bonds. The van der Waals surface area contributed by atoms with Crippen LogP contribution in [0.3, 0.4) is 0 Å². The van der Waals surface area contributed by atoms with E-state index >= 15 is 0 Å². The Balaban J connectivity index is 2.00. The molecule has 0 radical (unpaired) electrons. The molecule has 1 saturated carbocycles. The predicted octanol–water partition coefficient (Wildman–Crippen LogP) is 3.98. The van der Waals surface area contributed by atoms with Crippen LogP contribution < -0.4 is 0 Å². The Morgan fingerprint density at radius 3 is 2.57 bits per heavy atom. The third-order valence-electron chi connectivity index (χ3n) is 3.44. The van der Waals surface area contributed by atoms with Crippen LogP contribution in [-0.2, 0) is 0 Å². The maximum atomic E-state index is 12.9. The van der Waals surface area contributed by atoms with Gasteiger partial charge in [0.1, 0.15) is 5.82 Å². The van der Waals surface area contributed by atoms with Crippen LogP contribution in [0.15, 0.2) is 24.3 Å². The van der Waals surface area contributed by atoms with Crippen LogP contribution in [0.1, 0.15) is 38.2 Å². The summed E-state index contributed by atoms with van der Waals surface area (Å²) in [6.07, 6.45) is 2.47. The van der Waals surface area contributed by atoms with Crippen molar-refractivity contribution in [3.63, 3.8) is 0 Å². The van der Waals surface area contributed by atoms with Crippen LogP contribution in [0, 0.1) is 17.7 Å². The fourth-order valence-corrected chi connectivity index (χ4v) is 2.24. The molecule has 0 aliphatic heterocycles. The van der Waals surface area contributed by atoms with Crippen molar-refractivity contribution in [3.05, 3.63) is 35.6 Å². The molecule has 0 heterocycles. The molecule has 76 valence electrons. The second kappa shape index (κ2) is 3.72. The highest BCUT2D eigenvalue weighted by Crippen LogP contribution is 2.45. The monoisotopic (exact) mass is 192 g/mol. The van der Waals surface area contributed by atoms with Crippen LogP contribution in [0.4, 0.5) is 4.39 Å². The third kappa shape index (κ3) is 1.82. The molecule has 1 heteroatoms. The van der Waals surface area contributed by atoms with E-state index in [2.05, 4.69) is 13.8 Å². The van der Waals surface area contributed by atoms with Crippen LogP contribution in [0.25, 0.3) is 0 Å². The molecule has 1 aliphatic carbocycles. The Morgan fingerprint density at radius 1 is 1.29 bits per heavy atom. The Hall–Kier alpha value is -0.850. The molecular weight excluding hydrogens is 175 g/mol. The maximum absolute atomic E-state index is 12.9. The fraction of sp³-hybridized carbons (Fsp3) is 0.538. The lowest BCUT2D eigenvalue weighted by Gasteiger charge is -2.38. The van der Waals surface area contributed by atoms with Gasteiger partial charge in [-0.15, -0.1) is 0 Å². The van der Waals surface area contributed by atoms with E-state index in [1.807, 2.05) is 12.1 Å². The molecule has 1 fully saturated rings. The number of halogens is 1. The van der Waals surface area contributed by atoms with Crippen LogP contribution in [0.5, 0.6) is 0 Å². The SMILES string of the molecule is CC(C)C1CC(c2cccc(F)c2)C1. The van der Waals surface area contributed by atoms with Gasteiger partial charge in [0.2, 0.25) is 0 Å². The zero-order chi connectivity index (χ0) is 10.1. The smallest absolute Gasteiger partial charge is 0.123 e. The molecule has 0 nitrogen and oxygen atoms in total. The summed E-state index contributed by atoms with van der Waals surface area (Å²) >= 11 is 0. The lowest BCUT2D eigenvalue weighted by molar-refractivity contribution is 0.196. The quantitative estimate of drug-likeness (QED) is 0.665. The van der Waals surface area contributed by atoms with Crippen molar-refractivity contribution >= 4 is 0 Å². The van der Waals surface area contributed by atoms with Gasteiger partial charge in [0.15, 0.2) is 0 Å². The summed E-state index contributed by atoms with van der Waals surface area (Å²) < 4.78 is 12.9. The Labute approximate surface area is 85.1 Å². The summed E-state index contributed by atoms with van der Waals surface area (Å²) in [4.78, 5) is 0. The summed E-state index contributed by atoms with van der Waals surface area (Å²) in [6, 6.07) is 7.06. The van der Waals surface area contributed by atoms with Crippen molar-refractivity contribution in [2.24, 2.45) is 11.8 Å². The number of hydrogen-bond acceptors (Lipinski definition) is 0. The average Bonchev–Trinajstić information content (AvgIpc) is 2.00. The summed E-state index contributed by atoms with van der Waals surface area (Å²) in [5.74, 6) is 2.14. The summed E-state index contributed by atoms with van der Waals surface area (Å²) in [5, 5.41) is 0. The minimum Gasteiger partial charge on any atom is -0.207 e. The van der Waals surface area contributed by atoms with Gasteiger partial charge in [-0.3, -0.25) is 0 Å². The first-order valence-electron chi connectivity index (χ1n) is 5.42. The largest absolute Gasteiger partial charge is 0.207 e. The summed E-state index contributed by atoms with van der Waals surface area (Å²) in [7, 11) is 0. The molecule has 1 aromatic rings. The van der Waals surface area contributed by atoms with E-state index in [4.69, 9.17) is 0 Å². The van der Waals surface area contributed by atoms with E-state index in [1.54, 1.807) is 6.07 Å². The van der Waals surface area contributed by atoms with E-state index in [-0.39, 0.29) is 5.82 Å². The van der Waals surface area contributed by atoms with Gasteiger partial charge in [-0.25, -0.2) is 4.39 Å². The van der Waals surface area contributed by atoms with Crippen LogP contribution >= 0.6 is 0 Å². The highest BCUT2D eigenvalue weighted by atomic mass is 19.1. The topological polar surface area (TPSA) is 0 Å². The van der Waals surface area contributed by atoms with Crippen molar-refractivity contribution in [1.29, 1.82) is 0 Å². The van der Waals surface area contributed by atoms with E-state index in [0.717, 1.165) is 11.8 Å². The highest BCUT2D eigenvalue weighted by Gasteiger charge is 2.31. The van der Waals surface area contributed by atoms with E-state index < -0.39 is 0 Å². The molecule has 0 spiro atoms. The minimum atomic E-state index is -0.101. The van der Waals surface area contributed by atoms with Crippen molar-refractivity contribution in [1.82, 2.24) is 0 Å². The van der Waals surface area contributed by atoms with Crippen molar-refractivity contribution in [2.75, 3.05) is 0 Å². The zero-order valence-electron chi connectivity index (χ0n) is 8.83. The standard InChI is InChI=1S/C13H17F/c1-9(2)11-6-12(7-11)10-4-3-5-13(14)8-10/h3-5,8-9,11-12H,6-7H2,1-2H3. The van der Waals surface area contributed by atoms with Crippen LogP contribution in [0.2, 0.25) is 0 Å². The van der Waals surface area contributed by atoms with Gasteiger partial charge in [-0.05, 0) is 48.3 Å². The number of benzene rings is 1. The molecule has 14 heavy (non-hydrogen) atoms. The Morgan fingerprint density at radius 2 is 2.00 bits per heavy atom. The van der Waals surface area contributed by atoms with Crippen molar-refractivity contribution in [3.8, 4) is 0 Å². The van der Waals surface area contributed by atoms with E-state index in [9.17, 15) is 4.39 Å². The molecule has 0 bridgehead atoms. The molecule has 0 aromatic heterocycles. The second-order valence-electron chi connectivity index (χ2n) is 4.73. The maximum Gasteiger partial charge on any atom is 0.123 e. The van der Waals surface area contributed by atoms with E-state index in [0.29, 0.717) is 5.92 Å². The van der Waals surface area contributed by atoms with E-state index in [1.165, 1.54) is 24.5 Å². The second-order valence-corrected chi connectivity index (χ2v) is 4.73. The Bertz CT molecular complexity index is 311. The molecule has 0 saturated heterocycles. The minimum absolute atomic E-state index is 0.101. The first kappa shape index (κ1) is 9.70. The van der Waals surface area contributed by atoms with Gasteiger partial charge in [0, 0.05) is 0 Å². The van der Waals surface area contributed by atoms with Gasteiger partial charge in [0.05, 0.1) is 0 Å². The van der Waals surface area contributed by atoms with Crippen LogP contribution in [-0.4, -0.2) is 0 Å². The lowest BCUT2D eigenvalue weighted by Crippen LogP contribution is -2.26. The van der Waals surface area contributed by atoms with Gasteiger partial charge < -0.3 is 0 Å². The Kier molecular flexibility index (Phi) is 2.58. The van der Waals surface area contributed by atoms with Gasteiger partial charge >= 0.3 is 0 Å². The number of hydrogen-bond donors (Lipinski definition) is 0. The molecule has 0 unspecified atom stereocenters. The first-order chi connectivity index (χ1) is 6.66. The lowest BCUT2D eigenvalue weighted by atomic mass is 9.67. The highest BCUT2D eigenvalue weighted by molar-refractivity contribution is 5.23. The average molecular weight is 192 g/mol. The normalized spacial score (nSPS) is 26.3. The summed E-state index contributed by atoms with van der Waals surface area (Å²) in [5.41, 5.74) is 1.18. The molecule has 1 aliphatic rings. The van der Waals surface area contributed by atoms with Gasteiger partial charge in [-0.1, -0.05) is 26.0 Å². The predicted molar refractivity (Wildman–Crippen MR) is 56.7 cm³/mol. The third-order valence-corrected chi connectivity index (χ3v) is 3.44. The summed E-state index contributed by atoms with van der Waals surface area (Å²) in [6.45, 7) is 4.54. The van der Waals surface area contributed by atoms with Crippen molar-refractivity contribution < 1.29 is 4.39 Å². The molecule has 2 rings (SSSR count). The van der Waals surface area contributed by atoms with Crippen molar-refractivity contribution in [2.45, 2.75) is 32.6 Å². The molecular formula is C13H17F. The first-order valence-corrected chi connectivity index (χ1v) is 5.42. The molecule has 1 aromatic carbocycles. The molecule has 0 N–H and O–H groups in total. The fourth-order valence-electron chi connectivity index (χ4n) is 2.24. The van der Waals surface area contributed by atoms with Gasteiger partial charge in [0.25, 0.3) is 0 Å². The zero-order valence-corrected chi connectivity index (χ0v) is 8.83. The molecule has 0 atom stereocenters. The van der Waals surface area contributed by atoms with Gasteiger partial charge in [-0.2, -0.15) is 0 Å². The number of rotatable bonds is 2.